The normalized spacial score (nSPS) is 16.6. The van der Waals surface area contributed by atoms with Crippen molar-refractivity contribution in [1.29, 1.82) is 0 Å². The second-order valence-electron chi connectivity index (χ2n) is 4.45. The highest BCUT2D eigenvalue weighted by atomic mass is 16.2. The van der Waals surface area contributed by atoms with E-state index in [9.17, 15) is 9.59 Å². The highest BCUT2D eigenvalue weighted by Crippen LogP contribution is 2.14. The van der Waals surface area contributed by atoms with Gasteiger partial charge >= 0.3 is 0 Å². The van der Waals surface area contributed by atoms with E-state index in [1.807, 2.05) is 18.2 Å². The zero-order valence-corrected chi connectivity index (χ0v) is 10.2. The standard InChI is InChI=1S/C13H17N3O2/c14-15-13(18)12-4-2-1-3-10(12)9-16-7-5-11(17)6-8-16/h1-4H,5-9,14H2,(H,15,18). The summed E-state index contributed by atoms with van der Waals surface area (Å²) in [4.78, 5) is 25.0. The Morgan fingerprint density at radius 1 is 1.28 bits per heavy atom. The second kappa shape index (κ2) is 5.75. The molecule has 1 aliphatic heterocycles. The van der Waals surface area contributed by atoms with E-state index in [4.69, 9.17) is 5.84 Å². The molecule has 1 saturated heterocycles. The molecule has 0 aromatic heterocycles. The van der Waals surface area contributed by atoms with Gasteiger partial charge in [0.25, 0.3) is 5.91 Å². The molecule has 0 atom stereocenters. The van der Waals surface area contributed by atoms with Crippen molar-refractivity contribution < 1.29 is 9.59 Å². The summed E-state index contributed by atoms with van der Waals surface area (Å²) < 4.78 is 0. The van der Waals surface area contributed by atoms with Crippen LogP contribution in [0.25, 0.3) is 0 Å². The van der Waals surface area contributed by atoms with Crippen LogP contribution in [0.3, 0.4) is 0 Å². The van der Waals surface area contributed by atoms with Gasteiger partial charge in [-0.3, -0.25) is 19.9 Å². The van der Waals surface area contributed by atoms with Crippen molar-refractivity contribution in [2.24, 2.45) is 5.84 Å². The first-order valence-corrected chi connectivity index (χ1v) is 6.03. The number of Topliss-reactive ketones (excluding diaryl/α,β-unsaturated/α-hetero) is 1. The first-order valence-electron chi connectivity index (χ1n) is 6.03. The minimum Gasteiger partial charge on any atom is -0.300 e. The number of likely N-dealkylation sites (tertiary alicyclic amines) is 1. The fraction of sp³-hybridized carbons (Fsp3) is 0.385. The Bertz CT molecular complexity index is 449. The molecule has 1 aromatic carbocycles. The highest BCUT2D eigenvalue weighted by Gasteiger charge is 2.18. The number of amides is 1. The van der Waals surface area contributed by atoms with Crippen LogP contribution in [0.1, 0.15) is 28.8 Å². The number of carbonyl (C=O) groups is 2. The van der Waals surface area contributed by atoms with Crippen molar-refractivity contribution in [3.8, 4) is 0 Å². The van der Waals surface area contributed by atoms with E-state index < -0.39 is 0 Å². The molecule has 1 aromatic rings. The van der Waals surface area contributed by atoms with E-state index in [0.717, 1.165) is 18.7 Å². The average Bonchev–Trinajstić information content (AvgIpc) is 2.41. The van der Waals surface area contributed by atoms with Gasteiger partial charge in [0.15, 0.2) is 0 Å². The lowest BCUT2D eigenvalue weighted by atomic mass is 10.0. The van der Waals surface area contributed by atoms with Gasteiger partial charge in [0.1, 0.15) is 5.78 Å². The quantitative estimate of drug-likeness (QED) is 0.462. The zero-order chi connectivity index (χ0) is 13.0. The van der Waals surface area contributed by atoms with Crippen molar-refractivity contribution in [3.63, 3.8) is 0 Å². The predicted octanol–water partition coefficient (Wildman–Crippen LogP) is 0.455. The lowest BCUT2D eigenvalue weighted by molar-refractivity contribution is -0.121. The summed E-state index contributed by atoms with van der Waals surface area (Å²) in [6, 6.07) is 7.39. The van der Waals surface area contributed by atoms with Gasteiger partial charge in [-0.2, -0.15) is 0 Å². The molecular formula is C13H17N3O2. The van der Waals surface area contributed by atoms with E-state index in [-0.39, 0.29) is 5.91 Å². The van der Waals surface area contributed by atoms with E-state index in [2.05, 4.69) is 10.3 Å². The molecule has 1 aliphatic rings. The van der Waals surface area contributed by atoms with E-state index in [1.165, 1.54) is 0 Å². The maximum atomic E-state index is 11.6. The monoisotopic (exact) mass is 247 g/mol. The molecule has 5 heteroatoms. The summed E-state index contributed by atoms with van der Waals surface area (Å²) >= 11 is 0. The van der Waals surface area contributed by atoms with Crippen LogP contribution in [-0.2, 0) is 11.3 Å². The first-order chi connectivity index (χ1) is 8.70. The molecule has 96 valence electrons. The number of nitrogens with zero attached hydrogens (tertiary/aromatic N) is 1. The predicted molar refractivity (Wildman–Crippen MR) is 67.6 cm³/mol. The third kappa shape index (κ3) is 2.94. The molecule has 2 rings (SSSR count). The molecule has 3 N–H and O–H groups in total. The van der Waals surface area contributed by atoms with Crippen molar-refractivity contribution in [2.75, 3.05) is 13.1 Å². The van der Waals surface area contributed by atoms with Crippen LogP contribution >= 0.6 is 0 Å². The number of benzene rings is 1. The van der Waals surface area contributed by atoms with E-state index in [1.54, 1.807) is 6.07 Å². The van der Waals surface area contributed by atoms with Crippen molar-refractivity contribution in [3.05, 3.63) is 35.4 Å². The van der Waals surface area contributed by atoms with Crippen LogP contribution in [0.5, 0.6) is 0 Å². The molecule has 1 fully saturated rings. The number of hydrogen-bond donors (Lipinski definition) is 2. The van der Waals surface area contributed by atoms with Crippen molar-refractivity contribution in [2.45, 2.75) is 19.4 Å². The fourth-order valence-electron chi connectivity index (χ4n) is 2.16. The highest BCUT2D eigenvalue weighted by molar-refractivity contribution is 5.95. The van der Waals surface area contributed by atoms with E-state index in [0.29, 0.717) is 30.7 Å². The SMILES string of the molecule is NNC(=O)c1ccccc1CN1CCC(=O)CC1. The minimum absolute atomic E-state index is 0.279. The molecular weight excluding hydrogens is 230 g/mol. The number of hydrogen-bond acceptors (Lipinski definition) is 4. The topological polar surface area (TPSA) is 75.4 Å². The summed E-state index contributed by atoms with van der Waals surface area (Å²) in [7, 11) is 0. The van der Waals surface area contributed by atoms with Crippen LogP contribution in [0.4, 0.5) is 0 Å². The second-order valence-corrected chi connectivity index (χ2v) is 4.45. The zero-order valence-electron chi connectivity index (χ0n) is 10.2. The van der Waals surface area contributed by atoms with Crippen molar-refractivity contribution in [1.82, 2.24) is 10.3 Å². The molecule has 0 unspecified atom stereocenters. The van der Waals surface area contributed by atoms with Crippen molar-refractivity contribution >= 4 is 11.7 Å². The Hall–Kier alpha value is -1.72. The van der Waals surface area contributed by atoms with E-state index >= 15 is 0 Å². The van der Waals surface area contributed by atoms with Gasteiger partial charge in [0, 0.05) is 38.0 Å². The number of rotatable bonds is 3. The largest absolute Gasteiger partial charge is 0.300 e. The Balaban J connectivity index is 2.09. The molecule has 0 radical (unpaired) electrons. The number of piperidine rings is 1. The Labute approximate surface area is 106 Å². The van der Waals surface area contributed by atoms with Gasteiger partial charge in [-0.25, -0.2) is 5.84 Å². The molecule has 18 heavy (non-hydrogen) atoms. The molecule has 0 saturated carbocycles. The summed E-state index contributed by atoms with van der Waals surface area (Å²) in [5.41, 5.74) is 3.69. The van der Waals surface area contributed by atoms with Gasteiger partial charge in [-0.05, 0) is 11.6 Å². The van der Waals surface area contributed by atoms with Crippen LogP contribution in [0.15, 0.2) is 24.3 Å². The summed E-state index contributed by atoms with van der Waals surface area (Å²) in [5, 5.41) is 0. The minimum atomic E-state index is -0.279. The Morgan fingerprint density at radius 2 is 1.94 bits per heavy atom. The number of hydrazine groups is 1. The van der Waals surface area contributed by atoms with Crippen LogP contribution in [-0.4, -0.2) is 29.7 Å². The summed E-state index contributed by atoms with van der Waals surface area (Å²) in [5.74, 6) is 5.21. The van der Waals surface area contributed by atoms with Crippen LogP contribution in [0.2, 0.25) is 0 Å². The van der Waals surface area contributed by atoms with Gasteiger partial charge in [0.05, 0.1) is 0 Å². The number of nitrogens with one attached hydrogen (secondary N) is 1. The average molecular weight is 247 g/mol. The van der Waals surface area contributed by atoms with Gasteiger partial charge < -0.3 is 0 Å². The maximum Gasteiger partial charge on any atom is 0.265 e. The van der Waals surface area contributed by atoms with Gasteiger partial charge in [-0.15, -0.1) is 0 Å². The lowest BCUT2D eigenvalue weighted by Gasteiger charge is -2.26. The third-order valence-corrected chi connectivity index (χ3v) is 3.20. The molecule has 0 spiro atoms. The van der Waals surface area contributed by atoms with Gasteiger partial charge in [0.2, 0.25) is 0 Å². The molecule has 5 nitrogen and oxygen atoms in total. The molecule has 0 aliphatic carbocycles. The third-order valence-electron chi connectivity index (χ3n) is 3.20. The number of ketones is 1. The first kappa shape index (κ1) is 12.7. The number of carbonyl (C=O) groups excluding carboxylic acids is 2. The number of nitrogen functional groups attached to an aromatic ring is 1. The molecule has 1 amide bonds. The van der Waals surface area contributed by atoms with Crippen LogP contribution < -0.4 is 11.3 Å². The summed E-state index contributed by atoms with van der Waals surface area (Å²) in [6.45, 7) is 2.20. The maximum absolute atomic E-state index is 11.6. The smallest absolute Gasteiger partial charge is 0.265 e. The molecule has 1 heterocycles. The molecule has 0 bridgehead atoms. The lowest BCUT2D eigenvalue weighted by Crippen LogP contribution is -2.35. The van der Waals surface area contributed by atoms with Gasteiger partial charge in [-0.1, -0.05) is 18.2 Å². The Morgan fingerprint density at radius 3 is 2.61 bits per heavy atom. The fourth-order valence-corrected chi connectivity index (χ4v) is 2.16. The van der Waals surface area contributed by atoms with Crippen LogP contribution in [0, 0.1) is 0 Å². The Kier molecular flexibility index (Phi) is 4.07. The number of nitrogens with two attached hydrogens (primary N) is 1. The summed E-state index contributed by atoms with van der Waals surface area (Å²) in [6.07, 6.45) is 1.20.